The molecule has 0 bridgehead atoms. The van der Waals surface area contributed by atoms with Crippen LogP contribution in [0.1, 0.15) is 37.4 Å². The molecule has 5 nitrogen and oxygen atoms in total. The smallest absolute Gasteiger partial charge is 0.262 e. The highest BCUT2D eigenvalue weighted by atomic mass is 32.2. The minimum absolute atomic E-state index is 0.0269. The zero-order valence-corrected chi connectivity index (χ0v) is 17.6. The van der Waals surface area contributed by atoms with Gasteiger partial charge in [-0.15, -0.1) is 0 Å². The largest absolute Gasteiger partial charge is 0.337 e. The average Bonchev–Trinajstić information content (AvgIpc) is 2.76. The van der Waals surface area contributed by atoms with E-state index in [1.165, 1.54) is 22.9 Å². The molecular formula is C23H25N3O2S. The second kappa shape index (κ2) is 8.41. The Hall–Kier alpha value is -2.60. The molecule has 0 fully saturated rings. The quantitative estimate of drug-likeness (QED) is 0.473. The average molecular weight is 408 g/mol. The molecule has 0 saturated heterocycles. The van der Waals surface area contributed by atoms with Gasteiger partial charge in [-0.3, -0.25) is 14.2 Å². The van der Waals surface area contributed by atoms with Crippen molar-refractivity contribution in [3.8, 4) is 0 Å². The Bertz CT molecular complexity index is 1110. The van der Waals surface area contributed by atoms with E-state index in [2.05, 4.69) is 19.1 Å². The van der Waals surface area contributed by atoms with Crippen molar-refractivity contribution in [1.82, 2.24) is 14.5 Å². The van der Waals surface area contributed by atoms with Gasteiger partial charge in [-0.05, 0) is 43.0 Å². The van der Waals surface area contributed by atoms with Crippen molar-refractivity contribution in [1.29, 1.82) is 0 Å². The monoisotopic (exact) mass is 407 g/mol. The molecule has 3 aromatic rings. The second-order valence-corrected chi connectivity index (χ2v) is 8.41. The van der Waals surface area contributed by atoms with Crippen LogP contribution in [0.15, 0.2) is 58.5 Å². The molecule has 1 aliphatic rings. The summed E-state index contributed by atoms with van der Waals surface area (Å²) < 4.78 is 1.74. The molecule has 1 aliphatic heterocycles. The van der Waals surface area contributed by atoms with Crippen LogP contribution in [0.4, 0.5) is 0 Å². The number of hydrogen-bond acceptors (Lipinski definition) is 4. The summed E-state index contributed by atoms with van der Waals surface area (Å²) in [6.45, 7) is 5.46. The minimum atomic E-state index is -0.0354. The van der Waals surface area contributed by atoms with Crippen molar-refractivity contribution in [2.75, 3.05) is 12.3 Å². The van der Waals surface area contributed by atoms with E-state index in [4.69, 9.17) is 4.98 Å². The maximum absolute atomic E-state index is 13.0. The molecule has 1 atom stereocenters. The number of carbonyl (C=O) groups excluding carboxylic acids is 1. The van der Waals surface area contributed by atoms with Crippen molar-refractivity contribution in [2.45, 2.75) is 44.4 Å². The van der Waals surface area contributed by atoms with Gasteiger partial charge in [-0.2, -0.15) is 0 Å². The summed E-state index contributed by atoms with van der Waals surface area (Å²) in [6.07, 6.45) is 1.71. The van der Waals surface area contributed by atoms with E-state index >= 15 is 0 Å². The minimum Gasteiger partial charge on any atom is -0.337 e. The van der Waals surface area contributed by atoms with Crippen LogP contribution in [0.25, 0.3) is 10.9 Å². The van der Waals surface area contributed by atoms with E-state index in [1.54, 1.807) is 4.57 Å². The summed E-state index contributed by atoms with van der Waals surface area (Å²) in [7, 11) is 0. The van der Waals surface area contributed by atoms with E-state index < -0.39 is 0 Å². The SMILES string of the molecule is CC[C@H](C)n1c(SCC(=O)N2CCc3ccccc3C2)nc2ccccc2c1=O. The molecule has 6 heteroatoms. The van der Waals surface area contributed by atoms with Gasteiger partial charge in [0.25, 0.3) is 5.56 Å². The number of fused-ring (bicyclic) bond motifs is 2. The number of benzene rings is 2. The normalized spacial score (nSPS) is 14.6. The van der Waals surface area contributed by atoms with E-state index in [9.17, 15) is 9.59 Å². The third kappa shape index (κ3) is 3.94. The van der Waals surface area contributed by atoms with Crippen molar-refractivity contribution in [3.05, 3.63) is 70.0 Å². The van der Waals surface area contributed by atoms with Gasteiger partial charge in [0.05, 0.1) is 16.7 Å². The number of para-hydroxylation sites is 1. The first-order chi connectivity index (χ1) is 14.1. The Kier molecular flexibility index (Phi) is 5.72. The molecule has 2 heterocycles. The molecule has 2 aromatic carbocycles. The number of aromatic nitrogens is 2. The lowest BCUT2D eigenvalue weighted by molar-refractivity contribution is -0.129. The molecule has 29 heavy (non-hydrogen) atoms. The molecule has 0 spiro atoms. The van der Waals surface area contributed by atoms with Gasteiger partial charge in [0, 0.05) is 19.1 Å². The molecule has 0 saturated carbocycles. The molecule has 4 rings (SSSR count). The molecule has 0 unspecified atom stereocenters. The number of carbonyl (C=O) groups is 1. The van der Waals surface area contributed by atoms with Gasteiger partial charge >= 0.3 is 0 Å². The van der Waals surface area contributed by atoms with Crippen LogP contribution in [-0.2, 0) is 17.8 Å². The zero-order chi connectivity index (χ0) is 20.4. The fourth-order valence-corrected chi connectivity index (χ4v) is 4.72. The number of rotatable bonds is 5. The summed E-state index contributed by atoms with van der Waals surface area (Å²) in [5.74, 6) is 0.367. The first kappa shape index (κ1) is 19.7. The van der Waals surface area contributed by atoms with Crippen LogP contribution >= 0.6 is 11.8 Å². The molecule has 1 aromatic heterocycles. The molecule has 0 aliphatic carbocycles. The lowest BCUT2D eigenvalue weighted by Gasteiger charge is -2.29. The Morgan fingerprint density at radius 1 is 1.14 bits per heavy atom. The first-order valence-corrected chi connectivity index (χ1v) is 11.1. The number of amides is 1. The van der Waals surface area contributed by atoms with Crippen LogP contribution in [-0.4, -0.2) is 32.7 Å². The zero-order valence-electron chi connectivity index (χ0n) is 16.8. The maximum Gasteiger partial charge on any atom is 0.262 e. The summed E-state index contributed by atoms with van der Waals surface area (Å²) in [5, 5.41) is 1.24. The topological polar surface area (TPSA) is 55.2 Å². The van der Waals surface area contributed by atoms with Crippen molar-refractivity contribution < 1.29 is 4.79 Å². The maximum atomic E-state index is 13.0. The Morgan fingerprint density at radius 3 is 2.66 bits per heavy atom. The standard InChI is InChI=1S/C23H25N3O2S/c1-3-16(2)26-22(28)19-10-6-7-11-20(19)24-23(26)29-15-21(27)25-13-12-17-8-4-5-9-18(17)14-25/h4-11,16H,3,12-15H2,1-2H3/t16-/m0/s1. The van der Waals surface area contributed by atoms with Crippen LogP contribution < -0.4 is 5.56 Å². The third-order valence-corrected chi connectivity index (χ3v) is 6.55. The van der Waals surface area contributed by atoms with Gasteiger partial charge in [-0.25, -0.2) is 4.98 Å². The van der Waals surface area contributed by atoms with Crippen LogP contribution in [0.5, 0.6) is 0 Å². The molecule has 0 N–H and O–H groups in total. The van der Waals surface area contributed by atoms with Gasteiger partial charge in [-0.1, -0.05) is 55.1 Å². The highest BCUT2D eigenvalue weighted by Gasteiger charge is 2.22. The highest BCUT2D eigenvalue weighted by molar-refractivity contribution is 7.99. The van der Waals surface area contributed by atoms with Crippen LogP contribution in [0.2, 0.25) is 0 Å². The van der Waals surface area contributed by atoms with E-state index in [0.29, 0.717) is 22.6 Å². The summed E-state index contributed by atoms with van der Waals surface area (Å²) >= 11 is 1.36. The second-order valence-electron chi connectivity index (χ2n) is 7.47. The lowest BCUT2D eigenvalue weighted by atomic mass is 10.00. The Balaban J connectivity index is 1.56. The van der Waals surface area contributed by atoms with Crippen molar-refractivity contribution >= 4 is 28.6 Å². The van der Waals surface area contributed by atoms with Crippen molar-refractivity contribution in [3.63, 3.8) is 0 Å². The van der Waals surface area contributed by atoms with Crippen molar-refractivity contribution in [2.24, 2.45) is 0 Å². The number of nitrogens with zero attached hydrogens (tertiary/aromatic N) is 3. The fourth-order valence-electron chi connectivity index (χ4n) is 3.72. The fraction of sp³-hybridized carbons (Fsp3) is 0.348. The van der Waals surface area contributed by atoms with Gasteiger partial charge in [0.2, 0.25) is 5.91 Å². The van der Waals surface area contributed by atoms with Gasteiger partial charge < -0.3 is 4.90 Å². The lowest BCUT2D eigenvalue weighted by Crippen LogP contribution is -2.37. The summed E-state index contributed by atoms with van der Waals surface area (Å²) in [5.41, 5.74) is 3.19. The Morgan fingerprint density at radius 2 is 1.86 bits per heavy atom. The molecular weight excluding hydrogens is 382 g/mol. The molecule has 0 radical (unpaired) electrons. The summed E-state index contributed by atoms with van der Waals surface area (Å²) in [6, 6.07) is 15.7. The summed E-state index contributed by atoms with van der Waals surface area (Å²) in [4.78, 5) is 32.5. The van der Waals surface area contributed by atoms with Gasteiger partial charge in [0.1, 0.15) is 0 Å². The first-order valence-electron chi connectivity index (χ1n) is 10.1. The predicted octanol–water partition coefficient (Wildman–Crippen LogP) is 4.04. The van der Waals surface area contributed by atoms with E-state index in [0.717, 1.165) is 19.4 Å². The Labute approximate surface area is 174 Å². The predicted molar refractivity (Wildman–Crippen MR) is 117 cm³/mol. The van der Waals surface area contributed by atoms with Crippen LogP contribution in [0, 0.1) is 0 Å². The molecule has 1 amide bonds. The third-order valence-electron chi connectivity index (χ3n) is 5.62. The van der Waals surface area contributed by atoms with E-state index in [1.807, 2.05) is 48.2 Å². The number of hydrogen-bond donors (Lipinski definition) is 0. The van der Waals surface area contributed by atoms with E-state index in [-0.39, 0.29) is 23.3 Å². The number of thioether (sulfide) groups is 1. The van der Waals surface area contributed by atoms with Crippen LogP contribution in [0.3, 0.4) is 0 Å². The van der Waals surface area contributed by atoms with Gasteiger partial charge in [0.15, 0.2) is 5.16 Å². The molecule has 150 valence electrons. The highest BCUT2D eigenvalue weighted by Crippen LogP contribution is 2.24.